The smallest absolute Gasteiger partial charge is 0.291 e. The normalized spacial score (nSPS) is 10.6. The van der Waals surface area contributed by atoms with Gasteiger partial charge in [0.2, 0.25) is 0 Å². The highest BCUT2D eigenvalue weighted by Gasteiger charge is 2.14. The first-order valence-electron chi connectivity index (χ1n) is 9.38. The summed E-state index contributed by atoms with van der Waals surface area (Å²) in [5.74, 6) is 0.948. The van der Waals surface area contributed by atoms with Crippen LogP contribution in [0.25, 0.3) is 0 Å². The van der Waals surface area contributed by atoms with Gasteiger partial charge in [-0.25, -0.2) is 0 Å². The van der Waals surface area contributed by atoms with Crippen LogP contribution in [0.2, 0.25) is 5.02 Å². The zero-order valence-electron chi connectivity index (χ0n) is 16.2. The first-order valence-corrected chi connectivity index (χ1v) is 11.4. The molecular formula is C24H17BrClNO3S. The van der Waals surface area contributed by atoms with E-state index in [0.29, 0.717) is 16.5 Å². The quantitative estimate of drug-likeness (QED) is 0.275. The number of furan rings is 1. The number of carbonyl (C=O) groups is 1. The van der Waals surface area contributed by atoms with E-state index in [4.69, 9.17) is 20.8 Å². The maximum atomic E-state index is 12.7. The van der Waals surface area contributed by atoms with Crippen LogP contribution in [0.5, 0.6) is 5.75 Å². The Morgan fingerprint density at radius 2 is 1.77 bits per heavy atom. The van der Waals surface area contributed by atoms with Gasteiger partial charge in [0.25, 0.3) is 5.91 Å². The third-order valence-corrected chi connectivity index (χ3v) is 6.13. The molecule has 4 rings (SSSR count). The van der Waals surface area contributed by atoms with Crippen molar-refractivity contribution in [2.75, 3.05) is 5.32 Å². The topological polar surface area (TPSA) is 51.5 Å². The van der Waals surface area contributed by atoms with Crippen molar-refractivity contribution in [3.63, 3.8) is 0 Å². The summed E-state index contributed by atoms with van der Waals surface area (Å²) in [5.41, 5.74) is 0.720. The molecule has 0 aliphatic rings. The summed E-state index contributed by atoms with van der Waals surface area (Å²) in [6.45, 7) is 0.162. The van der Waals surface area contributed by atoms with Gasteiger partial charge in [-0.15, -0.1) is 0 Å². The molecule has 0 unspecified atom stereocenters. The van der Waals surface area contributed by atoms with Gasteiger partial charge < -0.3 is 14.5 Å². The highest BCUT2D eigenvalue weighted by molar-refractivity contribution is 9.10. The summed E-state index contributed by atoms with van der Waals surface area (Å²) >= 11 is 11.1. The maximum Gasteiger partial charge on any atom is 0.291 e. The molecule has 1 aromatic heterocycles. The van der Waals surface area contributed by atoms with Gasteiger partial charge in [0.15, 0.2) is 5.76 Å². The van der Waals surface area contributed by atoms with Gasteiger partial charge >= 0.3 is 0 Å². The number of hydrogen-bond acceptors (Lipinski definition) is 4. The molecule has 4 aromatic rings. The summed E-state index contributed by atoms with van der Waals surface area (Å²) in [6.07, 6.45) is 0. The second kappa shape index (κ2) is 10.1. The number of carbonyl (C=O) groups excluding carboxylic acids is 1. The van der Waals surface area contributed by atoms with Crippen LogP contribution in [0.1, 0.15) is 16.3 Å². The lowest BCUT2D eigenvalue weighted by Crippen LogP contribution is -2.11. The molecule has 0 saturated carbocycles. The molecule has 0 saturated heterocycles. The minimum Gasteiger partial charge on any atom is -0.484 e. The second-order valence-corrected chi connectivity index (χ2v) is 8.93. The van der Waals surface area contributed by atoms with E-state index in [2.05, 4.69) is 21.2 Å². The van der Waals surface area contributed by atoms with Crippen LogP contribution in [0.15, 0.2) is 104 Å². The van der Waals surface area contributed by atoms with Crippen LogP contribution < -0.4 is 10.1 Å². The molecule has 1 heterocycles. The molecule has 0 spiro atoms. The minimum atomic E-state index is -0.325. The third-order valence-electron chi connectivity index (χ3n) is 4.26. The molecule has 31 heavy (non-hydrogen) atoms. The van der Waals surface area contributed by atoms with Crippen molar-refractivity contribution >= 4 is 50.9 Å². The van der Waals surface area contributed by atoms with Crippen molar-refractivity contribution in [1.29, 1.82) is 0 Å². The molecule has 156 valence electrons. The fourth-order valence-corrected chi connectivity index (χ4v) is 4.43. The third kappa shape index (κ3) is 5.73. The maximum absolute atomic E-state index is 12.7. The SMILES string of the molecule is O=C(Nc1ccccc1Sc1ccccc1)c1ccc(COc2ccc(Br)cc2Cl)o1. The lowest BCUT2D eigenvalue weighted by molar-refractivity contribution is 0.0992. The second-order valence-electron chi connectivity index (χ2n) is 6.49. The van der Waals surface area contributed by atoms with Gasteiger partial charge in [-0.05, 0) is 54.6 Å². The van der Waals surface area contributed by atoms with Crippen molar-refractivity contribution in [1.82, 2.24) is 0 Å². The zero-order chi connectivity index (χ0) is 21.6. The van der Waals surface area contributed by atoms with Gasteiger partial charge in [0.05, 0.1) is 10.7 Å². The predicted octanol–water partition coefficient (Wildman–Crippen LogP) is 7.68. The van der Waals surface area contributed by atoms with Crippen LogP contribution in [0.4, 0.5) is 5.69 Å². The number of rotatable bonds is 7. The van der Waals surface area contributed by atoms with E-state index in [1.54, 1.807) is 36.0 Å². The molecule has 0 atom stereocenters. The predicted molar refractivity (Wildman–Crippen MR) is 127 cm³/mol. The van der Waals surface area contributed by atoms with E-state index in [9.17, 15) is 4.79 Å². The van der Waals surface area contributed by atoms with E-state index in [1.807, 2.05) is 60.7 Å². The van der Waals surface area contributed by atoms with Crippen LogP contribution in [0.3, 0.4) is 0 Å². The fourth-order valence-electron chi connectivity index (χ4n) is 2.78. The lowest BCUT2D eigenvalue weighted by atomic mass is 10.3. The number of amides is 1. The monoisotopic (exact) mass is 513 g/mol. The molecule has 7 heteroatoms. The van der Waals surface area contributed by atoms with Crippen molar-refractivity contribution in [3.05, 3.63) is 106 Å². The average Bonchev–Trinajstić information content (AvgIpc) is 3.24. The molecule has 1 amide bonds. The molecule has 0 fully saturated rings. The Morgan fingerprint density at radius 3 is 2.58 bits per heavy atom. The van der Waals surface area contributed by atoms with Gasteiger partial charge in [0.1, 0.15) is 18.1 Å². The first kappa shape index (κ1) is 21.6. The Bertz CT molecular complexity index is 1200. The van der Waals surface area contributed by atoms with Crippen molar-refractivity contribution < 1.29 is 13.9 Å². The number of ether oxygens (including phenoxy) is 1. The fraction of sp³-hybridized carbons (Fsp3) is 0.0417. The highest BCUT2D eigenvalue weighted by atomic mass is 79.9. The Hall–Kier alpha value is -2.67. The Morgan fingerprint density at radius 1 is 1.00 bits per heavy atom. The van der Waals surface area contributed by atoms with E-state index in [-0.39, 0.29) is 18.3 Å². The summed E-state index contributed by atoms with van der Waals surface area (Å²) in [7, 11) is 0. The number of nitrogens with one attached hydrogen (secondary N) is 1. The standard InChI is InChI=1S/C24H17BrClNO3S/c25-16-10-12-21(19(26)14-16)29-15-17-11-13-22(30-17)24(28)27-20-8-4-5-9-23(20)31-18-6-2-1-3-7-18/h1-14H,15H2,(H,27,28). The van der Waals surface area contributed by atoms with E-state index >= 15 is 0 Å². The summed E-state index contributed by atoms with van der Waals surface area (Å²) in [5, 5.41) is 3.42. The molecule has 0 radical (unpaired) electrons. The minimum absolute atomic E-state index is 0.162. The lowest BCUT2D eigenvalue weighted by Gasteiger charge is -2.10. The molecule has 0 bridgehead atoms. The van der Waals surface area contributed by atoms with Gasteiger partial charge in [-0.2, -0.15) is 0 Å². The van der Waals surface area contributed by atoms with Crippen LogP contribution in [-0.4, -0.2) is 5.91 Å². The van der Waals surface area contributed by atoms with E-state index in [1.165, 1.54) is 0 Å². The van der Waals surface area contributed by atoms with E-state index < -0.39 is 0 Å². The van der Waals surface area contributed by atoms with Crippen LogP contribution >= 0.6 is 39.3 Å². The average molecular weight is 515 g/mol. The number of hydrogen-bond donors (Lipinski definition) is 1. The summed E-state index contributed by atoms with van der Waals surface area (Å²) in [6, 6.07) is 26.4. The number of halogens is 2. The molecule has 1 N–H and O–H groups in total. The Labute approximate surface area is 197 Å². The Kier molecular flexibility index (Phi) is 7.02. The highest BCUT2D eigenvalue weighted by Crippen LogP contribution is 2.33. The molecule has 0 aliphatic heterocycles. The summed E-state index contributed by atoms with van der Waals surface area (Å²) in [4.78, 5) is 14.8. The Balaban J connectivity index is 1.41. The van der Waals surface area contributed by atoms with Crippen molar-refractivity contribution in [3.8, 4) is 5.75 Å². The largest absolute Gasteiger partial charge is 0.484 e. The number of anilines is 1. The van der Waals surface area contributed by atoms with Gasteiger partial charge in [0, 0.05) is 14.3 Å². The van der Waals surface area contributed by atoms with Crippen molar-refractivity contribution in [2.24, 2.45) is 0 Å². The molecule has 4 nitrogen and oxygen atoms in total. The molecule has 0 aliphatic carbocycles. The number of para-hydroxylation sites is 1. The first-order chi connectivity index (χ1) is 15.1. The van der Waals surface area contributed by atoms with Gasteiger partial charge in [-0.1, -0.05) is 69.6 Å². The number of benzene rings is 3. The molecular weight excluding hydrogens is 498 g/mol. The van der Waals surface area contributed by atoms with Gasteiger partial charge in [-0.3, -0.25) is 4.79 Å². The van der Waals surface area contributed by atoms with Crippen LogP contribution in [-0.2, 0) is 6.61 Å². The summed E-state index contributed by atoms with van der Waals surface area (Å²) < 4.78 is 12.2. The van der Waals surface area contributed by atoms with Crippen molar-refractivity contribution in [2.45, 2.75) is 16.4 Å². The van der Waals surface area contributed by atoms with E-state index in [0.717, 1.165) is 20.0 Å². The molecule has 3 aromatic carbocycles. The van der Waals surface area contributed by atoms with Crippen LogP contribution in [0, 0.1) is 0 Å². The zero-order valence-corrected chi connectivity index (χ0v) is 19.3.